The summed E-state index contributed by atoms with van der Waals surface area (Å²) < 4.78 is 33.3. The highest BCUT2D eigenvalue weighted by atomic mass is 32.2. The molecule has 2 heterocycles. The number of hydrogen-bond donors (Lipinski definition) is 1. The highest BCUT2D eigenvalue weighted by molar-refractivity contribution is 7.89. The summed E-state index contributed by atoms with van der Waals surface area (Å²) in [6, 6.07) is 25.5. The average molecular weight is 570 g/mol. The largest absolute Gasteiger partial charge is 0.497 e. The Labute approximate surface area is 239 Å². The summed E-state index contributed by atoms with van der Waals surface area (Å²) in [4.78, 5) is 28.4. The number of ether oxygens (including phenoxy) is 1. The van der Waals surface area contributed by atoms with E-state index < -0.39 is 10.0 Å². The SMILES string of the molecule is COc1ccc(C(=O)N2CCc3ccc(NC(=O)C4CCN(S(=O)(=O)c5ccc6ccccc6c5)CC4)cc32)cc1. The fraction of sp³-hybridized carbons (Fsp3) is 0.250. The Morgan fingerprint density at radius 3 is 2.32 bits per heavy atom. The highest BCUT2D eigenvalue weighted by Crippen LogP contribution is 2.33. The van der Waals surface area contributed by atoms with Gasteiger partial charge in [-0.15, -0.1) is 0 Å². The Kier molecular flexibility index (Phi) is 7.23. The van der Waals surface area contributed by atoms with Crippen molar-refractivity contribution in [3.63, 3.8) is 0 Å². The smallest absolute Gasteiger partial charge is 0.258 e. The lowest BCUT2D eigenvalue weighted by Gasteiger charge is -2.30. The van der Waals surface area contributed by atoms with Crippen LogP contribution >= 0.6 is 0 Å². The van der Waals surface area contributed by atoms with Gasteiger partial charge in [-0.3, -0.25) is 9.59 Å². The molecular formula is C32H31N3O5S. The second-order valence-electron chi connectivity index (χ2n) is 10.5. The van der Waals surface area contributed by atoms with E-state index in [1.807, 2.05) is 48.5 Å². The molecule has 0 aliphatic carbocycles. The molecule has 4 aromatic rings. The molecule has 0 atom stereocenters. The van der Waals surface area contributed by atoms with Gasteiger partial charge in [0.05, 0.1) is 12.0 Å². The van der Waals surface area contributed by atoms with Crippen LogP contribution in [0.3, 0.4) is 0 Å². The van der Waals surface area contributed by atoms with Crippen LogP contribution in [-0.2, 0) is 21.2 Å². The minimum Gasteiger partial charge on any atom is -0.497 e. The Morgan fingerprint density at radius 1 is 0.854 bits per heavy atom. The van der Waals surface area contributed by atoms with Crippen molar-refractivity contribution in [3.05, 3.63) is 96.1 Å². The average Bonchev–Trinajstić information content (AvgIpc) is 3.44. The Hall–Kier alpha value is -4.21. The Morgan fingerprint density at radius 2 is 1.59 bits per heavy atom. The second-order valence-corrected chi connectivity index (χ2v) is 12.4. The van der Waals surface area contributed by atoms with Gasteiger partial charge in [0.15, 0.2) is 0 Å². The number of amides is 2. The van der Waals surface area contributed by atoms with Crippen molar-refractivity contribution in [2.45, 2.75) is 24.2 Å². The van der Waals surface area contributed by atoms with Crippen molar-refractivity contribution in [2.75, 3.05) is 37.0 Å². The van der Waals surface area contributed by atoms with Gasteiger partial charge in [-0.1, -0.05) is 36.4 Å². The monoisotopic (exact) mass is 569 g/mol. The minimum atomic E-state index is -3.65. The van der Waals surface area contributed by atoms with E-state index in [-0.39, 0.29) is 35.7 Å². The maximum atomic E-state index is 13.3. The summed E-state index contributed by atoms with van der Waals surface area (Å²) in [5.41, 5.74) is 3.03. The van der Waals surface area contributed by atoms with Crippen LogP contribution in [0.25, 0.3) is 10.8 Å². The quantitative estimate of drug-likeness (QED) is 0.349. The maximum Gasteiger partial charge on any atom is 0.258 e. The molecule has 41 heavy (non-hydrogen) atoms. The van der Waals surface area contributed by atoms with Crippen molar-refractivity contribution in [1.29, 1.82) is 0 Å². The lowest BCUT2D eigenvalue weighted by atomic mass is 9.97. The fourth-order valence-corrected chi connectivity index (χ4v) is 7.14. The zero-order chi connectivity index (χ0) is 28.6. The zero-order valence-corrected chi connectivity index (χ0v) is 23.6. The molecule has 6 rings (SSSR count). The number of carbonyl (C=O) groups excluding carboxylic acids is 2. The number of anilines is 2. The molecule has 1 fully saturated rings. The first kappa shape index (κ1) is 27.0. The van der Waals surface area contributed by atoms with Crippen LogP contribution in [0.4, 0.5) is 11.4 Å². The normalized spacial score (nSPS) is 16.0. The molecule has 0 bridgehead atoms. The molecule has 2 aliphatic heterocycles. The van der Waals surface area contributed by atoms with Gasteiger partial charge in [0.2, 0.25) is 15.9 Å². The van der Waals surface area contributed by atoms with Gasteiger partial charge in [0.25, 0.3) is 5.91 Å². The van der Waals surface area contributed by atoms with Crippen LogP contribution in [0, 0.1) is 5.92 Å². The van der Waals surface area contributed by atoms with Crippen molar-refractivity contribution < 1.29 is 22.7 Å². The number of hydrogen-bond acceptors (Lipinski definition) is 5. The van der Waals surface area contributed by atoms with Gasteiger partial charge in [0.1, 0.15) is 5.75 Å². The minimum absolute atomic E-state index is 0.102. The number of piperidine rings is 1. The summed E-state index contributed by atoms with van der Waals surface area (Å²) in [5, 5.41) is 4.86. The third-order valence-corrected chi connectivity index (χ3v) is 9.91. The Bertz CT molecular complexity index is 1730. The van der Waals surface area contributed by atoms with Crippen molar-refractivity contribution in [1.82, 2.24) is 4.31 Å². The van der Waals surface area contributed by atoms with Gasteiger partial charge in [-0.05, 0) is 84.1 Å². The molecule has 210 valence electrons. The van der Waals surface area contributed by atoms with E-state index in [9.17, 15) is 18.0 Å². The van der Waals surface area contributed by atoms with E-state index in [2.05, 4.69) is 5.32 Å². The molecule has 4 aromatic carbocycles. The number of nitrogens with zero attached hydrogens (tertiary/aromatic N) is 2. The molecule has 9 heteroatoms. The summed E-state index contributed by atoms with van der Waals surface area (Å²) in [6.07, 6.45) is 1.62. The van der Waals surface area contributed by atoms with Gasteiger partial charge < -0.3 is 15.0 Å². The van der Waals surface area contributed by atoms with E-state index in [0.717, 1.165) is 28.4 Å². The molecule has 2 amide bonds. The van der Waals surface area contributed by atoms with Crippen molar-refractivity contribution in [3.8, 4) is 5.75 Å². The molecule has 0 saturated carbocycles. The summed E-state index contributed by atoms with van der Waals surface area (Å²) in [6.45, 7) is 1.13. The summed E-state index contributed by atoms with van der Waals surface area (Å²) >= 11 is 0. The molecule has 0 radical (unpaired) electrons. The van der Waals surface area contributed by atoms with Gasteiger partial charge in [-0.2, -0.15) is 4.31 Å². The van der Waals surface area contributed by atoms with Crippen LogP contribution in [0.15, 0.2) is 89.8 Å². The standard InChI is InChI=1S/C32H31N3O5S/c1-40-28-11-7-25(8-12-28)32(37)35-19-16-23-6-10-27(21-30(23)35)33-31(36)24-14-17-34(18-15-24)41(38,39)29-13-9-22-4-2-3-5-26(22)20-29/h2-13,20-21,24H,14-19H2,1H3,(H,33,36). The third kappa shape index (κ3) is 5.30. The number of benzene rings is 4. The van der Waals surface area contributed by atoms with E-state index in [1.165, 1.54) is 4.31 Å². The van der Waals surface area contributed by atoms with E-state index >= 15 is 0 Å². The number of carbonyl (C=O) groups is 2. The molecule has 0 spiro atoms. The predicted molar refractivity (Wildman–Crippen MR) is 159 cm³/mol. The van der Waals surface area contributed by atoms with Gasteiger partial charge in [-0.25, -0.2) is 8.42 Å². The lowest BCUT2D eigenvalue weighted by Crippen LogP contribution is -2.41. The van der Waals surface area contributed by atoms with Crippen LogP contribution in [-0.4, -0.2) is 51.3 Å². The zero-order valence-electron chi connectivity index (χ0n) is 22.7. The third-order valence-electron chi connectivity index (χ3n) is 8.01. The number of fused-ring (bicyclic) bond motifs is 2. The van der Waals surface area contributed by atoms with Crippen LogP contribution in [0.2, 0.25) is 0 Å². The van der Waals surface area contributed by atoms with Crippen molar-refractivity contribution >= 4 is 44.0 Å². The number of rotatable bonds is 6. The van der Waals surface area contributed by atoms with Crippen LogP contribution in [0.5, 0.6) is 5.75 Å². The van der Waals surface area contributed by atoms with Crippen LogP contribution in [0.1, 0.15) is 28.8 Å². The van der Waals surface area contributed by atoms with E-state index in [4.69, 9.17) is 4.74 Å². The molecule has 1 N–H and O–H groups in total. The number of sulfonamides is 1. The summed E-state index contributed by atoms with van der Waals surface area (Å²) in [7, 11) is -2.07. The molecule has 0 unspecified atom stereocenters. The molecule has 8 nitrogen and oxygen atoms in total. The maximum absolute atomic E-state index is 13.3. The number of methoxy groups -OCH3 is 1. The highest BCUT2D eigenvalue weighted by Gasteiger charge is 2.33. The molecule has 2 aliphatic rings. The second kappa shape index (κ2) is 11.0. The predicted octanol–water partition coefficient (Wildman–Crippen LogP) is 5.09. The van der Waals surface area contributed by atoms with Gasteiger partial charge in [0, 0.05) is 42.5 Å². The van der Waals surface area contributed by atoms with Crippen molar-refractivity contribution in [2.24, 2.45) is 5.92 Å². The fourth-order valence-electron chi connectivity index (χ4n) is 5.64. The first-order chi connectivity index (χ1) is 19.8. The van der Waals surface area contributed by atoms with E-state index in [0.29, 0.717) is 36.4 Å². The lowest BCUT2D eigenvalue weighted by molar-refractivity contribution is -0.120. The van der Waals surface area contributed by atoms with Crippen LogP contribution < -0.4 is 15.0 Å². The topological polar surface area (TPSA) is 96.0 Å². The number of nitrogens with one attached hydrogen (secondary N) is 1. The van der Waals surface area contributed by atoms with Gasteiger partial charge >= 0.3 is 0 Å². The molecule has 1 saturated heterocycles. The van der Waals surface area contributed by atoms with E-state index in [1.54, 1.807) is 48.4 Å². The Balaban J connectivity index is 1.10. The molecule has 0 aromatic heterocycles. The molecular weight excluding hydrogens is 538 g/mol. The summed E-state index contributed by atoms with van der Waals surface area (Å²) in [5.74, 6) is 0.141. The first-order valence-corrected chi connectivity index (χ1v) is 15.2. The first-order valence-electron chi connectivity index (χ1n) is 13.7.